The van der Waals surface area contributed by atoms with Gasteiger partial charge in [0, 0.05) is 5.56 Å². The Labute approximate surface area is 139 Å². The van der Waals surface area contributed by atoms with Gasteiger partial charge in [-0.1, -0.05) is 25.5 Å². The zero-order valence-electron chi connectivity index (χ0n) is 13.6. The number of hydrogen-bond donors (Lipinski definition) is 0. The van der Waals surface area contributed by atoms with E-state index in [-0.39, 0.29) is 11.1 Å². The molecule has 0 aliphatic heterocycles. The lowest BCUT2D eigenvalue weighted by Crippen LogP contribution is -2.12. The summed E-state index contributed by atoms with van der Waals surface area (Å²) < 4.78 is 54.2. The Morgan fingerprint density at radius 1 is 0.833 bits per heavy atom. The van der Waals surface area contributed by atoms with Crippen LogP contribution in [0.1, 0.15) is 50.5 Å². The standard InChI is InChI=1S/C20H20F4/c1-2-12-3-5-13(6-4-12)14-7-8-16(17(21)9-14)15-10-18(22)20(24)19(23)11-15/h7-13H,2-6H2,1H3. The summed E-state index contributed by atoms with van der Waals surface area (Å²) in [6, 6.07) is 6.44. The summed E-state index contributed by atoms with van der Waals surface area (Å²) in [6.07, 6.45) is 5.56. The zero-order valence-corrected chi connectivity index (χ0v) is 13.6. The molecule has 3 rings (SSSR count). The number of rotatable bonds is 3. The fourth-order valence-corrected chi connectivity index (χ4v) is 3.63. The Morgan fingerprint density at radius 2 is 1.46 bits per heavy atom. The van der Waals surface area contributed by atoms with E-state index in [1.807, 2.05) is 6.07 Å². The minimum absolute atomic E-state index is 0.00476. The number of benzene rings is 2. The van der Waals surface area contributed by atoms with Gasteiger partial charge in [-0.25, -0.2) is 17.6 Å². The molecule has 0 unspecified atom stereocenters. The molecule has 0 aromatic heterocycles. The highest BCUT2D eigenvalue weighted by Crippen LogP contribution is 2.38. The normalized spacial score (nSPS) is 21.0. The molecule has 0 atom stereocenters. The van der Waals surface area contributed by atoms with Gasteiger partial charge in [0.2, 0.25) is 0 Å². The molecule has 0 saturated heterocycles. The first-order valence-corrected chi connectivity index (χ1v) is 8.44. The molecule has 0 heterocycles. The van der Waals surface area contributed by atoms with E-state index in [0.29, 0.717) is 5.92 Å². The van der Waals surface area contributed by atoms with Crippen LogP contribution < -0.4 is 0 Å². The summed E-state index contributed by atoms with van der Waals surface area (Å²) in [5.74, 6) is -3.61. The summed E-state index contributed by atoms with van der Waals surface area (Å²) in [4.78, 5) is 0. The lowest BCUT2D eigenvalue weighted by Gasteiger charge is -2.28. The Hall–Kier alpha value is -1.84. The number of halogens is 4. The maximum absolute atomic E-state index is 14.5. The van der Waals surface area contributed by atoms with Gasteiger partial charge in [0.1, 0.15) is 5.82 Å². The summed E-state index contributed by atoms with van der Waals surface area (Å²) in [7, 11) is 0. The maximum atomic E-state index is 14.5. The van der Waals surface area contributed by atoms with E-state index >= 15 is 0 Å². The van der Waals surface area contributed by atoms with Gasteiger partial charge in [0.25, 0.3) is 0 Å². The van der Waals surface area contributed by atoms with Crippen molar-refractivity contribution in [3.63, 3.8) is 0 Å². The smallest absolute Gasteiger partial charge is 0.194 e. The highest BCUT2D eigenvalue weighted by Gasteiger charge is 2.22. The quantitative estimate of drug-likeness (QED) is 0.438. The molecule has 4 heteroatoms. The molecule has 2 aromatic carbocycles. The second-order valence-electron chi connectivity index (χ2n) is 6.62. The molecule has 24 heavy (non-hydrogen) atoms. The Bertz CT molecular complexity index is 707. The first kappa shape index (κ1) is 17.0. The van der Waals surface area contributed by atoms with Crippen molar-refractivity contribution in [3.8, 4) is 11.1 Å². The molecule has 1 fully saturated rings. The van der Waals surface area contributed by atoms with Crippen LogP contribution in [-0.2, 0) is 0 Å². The van der Waals surface area contributed by atoms with Crippen LogP contribution in [0.2, 0.25) is 0 Å². The molecule has 0 radical (unpaired) electrons. The van der Waals surface area contributed by atoms with Crippen LogP contribution in [0.4, 0.5) is 17.6 Å². The predicted octanol–water partition coefficient (Wildman–Crippen LogP) is 6.59. The molecule has 2 aromatic rings. The summed E-state index contributed by atoms with van der Waals surface area (Å²) in [5.41, 5.74) is 1.01. The van der Waals surface area contributed by atoms with Crippen LogP contribution in [-0.4, -0.2) is 0 Å². The van der Waals surface area contributed by atoms with Gasteiger partial charge < -0.3 is 0 Å². The first-order valence-electron chi connectivity index (χ1n) is 8.44. The molecule has 0 bridgehead atoms. The Balaban J connectivity index is 1.85. The van der Waals surface area contributed by atoms with Crippen molar-refractivity contribution in [2.75, 3.05) is 0 Å². The van der Waals surface area contributed by atoms with E-state index in [0.717, 1.165) is 49.3 Å². The Morgan fingerprint density at radius 3 is 2.00 bits per heavy atom. The third kappa shape index (κ3) is 3.33. The van der Waals surface area contributed by atoms with Crippen LogP contribution in [0.25, 0.3) is 11.1 Å². The number of hydrogen-bond acceptors (Lipinski definition) is 0. The van der Waals surface area contributed by atoms with E-state index in [1.165, 1.54) is 18.6 Å². The molecule has 1 aliphatic carbocycles. The van der Waals surface area contributed by atoms with Crippen molar-refractivity contribution in [2.24, 2.45) is 5.92 Å². The average Bonchev–Trinajstić information content (AvgIpc) is 2.59. The second kappa shape index (κ2) is 6.96. The first-order chi connectivity index (χ1) is 11.5. The van der Waals surface area contributed by atoms with Crippen LogP contribution in [0.15, 0.2) is 30.3 Å². The SMILES string of the molecule is CCC1CCC(c2ccc(-c3cc(F)c(F)c(F)c3)c(F)c2)CC1. The maximum Gasteiger partial charge on any atom is 0.194 e. The van der Waals surface area contributed by atoms with Crippen LogP contribution in [0.3, 0.4) is 0 Å². The molecule has 0 spiro atoms. The molecule has 1 aliphatic rings. The monoisotopic (exact) mass is 336 g/mol. The van der Waals surface area contributed by atoms with Gasteiger partial charge in [-0.15, -0.1) is 0 Å². The van der Waals surface area contributed by atoms with Gasteiger partial charge in [0.05, 0.1) is 0 Å². The molecule has 128 valence electrons. The van der Waals surface area contributed by atoms with Crippen molar-refractivity contribution in [1.29, 1.82) is 0 Å². The second-order valence-corrected chi connectivity index (χ2v) is 6.62. The average molecular weight is 336 g/mol. The zero-order chi connectivity index (χ0) is 17.3. The Kier molecular flexibility index (Phi) is 4.93. The third-order valence-electron chi connectivity index (χ3n) is 5.18. The molecular formula is C20H20F4. The minimum atomic E-state index is -1.54. The highest BCUT2D eigenvalue weighted by atomic mass is 19.2. The molecule has 0 N–H and O–H groups in total. The van der Waals surface area contributed by atoms with E-state index < -0.39 is 23.3 Å². The fourth-order valence-electron chi connectivity index (χ4n) is 3.63. The largest absolute Gasteiger partial charge is 0.206 e. The lowest BCUT2D eigenvalue weighted by molar-refractivity contribution is 0.318. The summed E-state index contributed by atoms with van der Waals surface area (Å²) >= 11 is 0. The van der Waals surface area contributed by atoms with E-state index in [2.05, 4.69) is 6.92 Å². The molecule has 0 amide bonds. The molecule has 0 nitrogen and oxygen atoms in total. The van der Waals surface area contributed by atoms with Crippen molar-refractivity contribution < 1.29 is 17.6 Å². The van der Waals surface area contributed by atoms with Crippen LogP contribution in [0, 0.1) is 29.2 Å². The van der Waals surface area contributed by atoms with Crippen molar-refractivity contribution in [3.05, 3.63) is 59.2 Å². The minimum Gasteiger partial charge on any atom is -0.206 e. The van der Waals surface area contributed by atoms with Crippen molar-refractivity contribution >= 4 is 0 Å². The van der Waals surface area contributed by atoms with E-state index in [9.17, 15) is 17.6 Å². The molecular weight excluding hydrogens is 316 g/mol. The van der Waals surface area contributed by atoms with E-state index in [4.69, 9.17) is 0 Å². The van der Waals surface area contributed by atoms with Gasteiger partial charge in [-0.05, 0) is 66.8 Å². The lowest BCUT2D eigenvalue weighted by atomic mass is 9.77. The topological polar surface area (TPSA) is 0 Å². The predicted molar refractivity (Wildman–Crippen MR) is 86.7 cm³/mol. The van der Waals surface area contributed by atoms with E-state index in [1.54, 1.807) is 0 Å². The van der Waals surface area contributed by atoms with Gasteiger partial charge >= 0.3 is 0 Å². The van der Waals surface area contributed by atoms with Crippen molar-refractivity contribution in [2.45, 2.75) is 44.9 Å². The fraction of sp³-hybridized carbons (Fsp3) is 0.400. The molecule has 1 saturated carbocycles. The summed E-state index contributed by atoms with van der Waals surface area (Å²) in [6.45, 7) is 2.19. The highest BCUT2D eigenvalue weighted by molar-refractivity contribution is 5.65. The van der Waals surface area contributed by atoms with Gasteiger partial charge in [-0.3, -0.25) is 0 Å². The summed E-state index contributed by atoms with van der Waals surface area (Å²) in [5, 5.41) is 0. The van der Waals surface area contributed by atoms with Crippen molar-refractivity contribution in [1.82, 2.24) is 0 Å². The van der Waals surface area contributed by atoms with Gasteiger partial charge in [0.15, 0.2) is 17.5 Å². The van der Waals surface area contributed by atoms with Gasteiger partial charge in [-0.2, -0.15) is 0 Å². The van der Waals surface area contributed by atoms with Crippen LogP contribution >= 0.6 is 0 Å². The third-order valence-corrected chi connectivity index (χ3v) is 5.18. The van der Waals surface area contributed by atoms with Crippen LogP contribution in [0.5, 0.6) is 0 Å².